The highest BCUT2D eigenvalue weighted by Gasteiger charge is 2.43. The minimum absolute atomic E-state index is 0.0562. The number of carbonyl (C=O) groups is 2. The largest absolute Gasteiger partial charge is 0.382 e. The Hall–Kier alpha value is -4.32. The molecule has 2 aromatic carbocycles. The first-order valence-corrected chi connectivity index (χ1v) is 30.7. The summed E-state index contributed by atoms with van der Waals surface area (Å²) in [6.45, 7) is 19.9. The van der Waals surface area contributed by atoms with Gasteiger partial charge in [0.05, 0.1) is 178 Å². The summed E-state index contributed by atoms with van der Waals surface area (Å²) in [6, 6.07) is 17.1. The molecule has 0 aliphatic carbocycles. The van der Waals surface area contributed by atoms with Crippen molar-refractivity contribution in [3.8, 4) is 0 Å². The van der Waals surface area contributed by atoms with Gasteiger partial charge in [0.2, 0.25) is 0 Å². The van der Waals surface area contributed by atoms with Gasteiger partial charge in [0.1, 0.15) is 6.61 Å². The number of carbonyl (C=O) groups excluding carboxylic acids is 2. The van der Waals surface area contributed by atoms with Crippen LogP contribution in [-0.4, -0.2) is 250 Å². The fourth-order valence-electron chi connectivity index (χ4n) is 9.27. The van der Waals surface area contributed by atoms with Crippen LogP contribution in [0.25, 0.3) is 0 Å². The normalized spacial score (nSPS) is 16.4. The molecule has 0 bridgehead atoms. The molecule has 2 amide bonds. The molecular weight excluding hydrogens is 1130 g/mol. The number of imide groups is 1. The standard InChI is InChI=1S/C64H103N3O20/c1-63(22-26-73-36-40-80-47-44-77-33-30-70-3,56-14-9-11-16-58(56)65-24-28-75-38-42-82-49-46-79-35-32-72-5)21-13-7-6-8-18-60-64(2,23-27-74-37-41-81-48-45-78-34-31-71-4)57-15-10-12-17-59(57)66(60)25-29-76-39-43-83-50-51-84-52-53-85-54-55-86-87-67-61(68)19-20-62(67)69/h6-18,65H,19-55H2,1-5H3/b8-6+,13-7+,60-18+. The molecule has 23 nitrogen and oxygen atoms in total. The molecule has 0 spiro atoms. The van der Waals surface area contributed by atoms with E-state index in [2.05, 4.69) is 103 Å². The smallest absolute Gasteiger partial charge is 0.256 e. The Morgan fingerprint density at radius 1 is 0.494 bits per heavy atom. The van der Waals surface area contributed by atoms with Gasteiger partial charge in [-0.3, -0.25) is 9.59 Å². The molecule has 0 aromatic heterocycles. The number of methoxy groups -OCH3 is 3. The van der Waals surface area contributed by atoms with Gasteiger partial charge in [-0.05, 0) is 55.5 Å². The first-order chi connectivity index (χ1) is 42.8. The molecule has 2 aliphatic heterocycles. The number of nitrogens with zero attached hydrogens (tertiary/aromatic N) is 2. The zero-order valence-corrected chi connectivity index (χ0v) is 52.7. The van der Waals surface area contributed by atoms with Gasteiger partial charge in [-0.25, -0.2) is 4.89 Å². The number of ether oxygens (including phenoxy) is 16. The lowest BCUT2D eigenvalue weighted by Gasteiger charge is -2.31. The van der Waals surface area contributed by atoms with Gasteiger partial charge in [0.15, 0.2) is 0 Å². The Bertz CT molecular complexity index is 2140. The summed E-state index contributed by atoms with van der Waals surface area (Å²) < 4.78 is 90.1. The molecule has 1 fully saturated rings. The molecule has 2 aliphatic rings. The maximum Gasteiger partial charge on any atom is 0.256 e. The van der Waals surface area contributed by atoms with Crippen molar-refractivity contribution in [3.05, 3.63) is 95.7 Å². The Labute approximate surface area is 517 Å². The van der Waals surface area contributed by atoms with E-state index in [0.29, 0.717) is 203 Å². The van der Waals surface area contributed by atoms with Gasteiger partial charge in [-0.2, -0.15) is 0 Å². The second kappa shape index (κ2) is 49.5. The lowest BCUT2D eigenvalue weighted by atomic mass is 9.76. The van der Waals surface area contributed by atoms with E-state index in [1.54, 1.807) is 21.3 Å². The van der Waals surface area contributed by atoms with E-state index in [1.165, 1.54) is 11.1 Å². The molecular formula is C64H103N3O20. The molecule has 0 saturated carbocycles. The summed E-state index contributed by atoms with van der Waals surface area (Å²) >= 11 is 0. The maximum absolute atomic E-state index is 11.6. The van der Waals surface area contributed by atoms with Gasteiger partial charge in [-0.1, -0.05) is 67.6 Å². The number of nitrogens with one attached hydrogen (secondary N) is 1. The van der Waals surface area contributed by atoms with E-state index in [9.17, 15) is 9.59 Å². The monoisotopic (exact) mass is 1230 g/mol. The van der Waals surface area contributed by atoms with Crippen molar-refractivity contribution in [1.82, 2.24) is 5.06 Å². The average molecular weight is 1230 g/mol. The van der Waals surface area contributed by atoms with Crippen LogP contribution in [0.1, 0.15) is 57.1 Å². The van der Waals surface area contributed by atoms with Crippen molar-refractivity contribution in [1.29, 1.82) is 0 Å². The fourth-order valence-corrected chi connectivity index (χ4v) is 9.27. The Morgan fingerprint density at radius 2 is 0.931 bits per heavy atom. The number of hydrogen-bond acceptors (Lipinski definition) is 22. The molecule has 0 radical (unpaired) electrons. The molecule has 2 unspecified atom stereocenters. The van der Waals surface area contributed by atoms with Gasteiger partial charge < -0.3 is 86.0 Å². The first kappa shape index (κ1) is 75.1. The topological polar surface area (TPSA) is 219 Å². The van der Waals surface area contributed by atoms with Crippen LogP contribution in [-0.2, 0) is 106 Å². The first-order valence-electron chi connectivity index (χ1n) is 30.7. The summed E-state index contributed by atoms with van der Waals surface area (Å²) in [4.78, 5) is 35.2. The maximum atomic E-state index is 11.6. The van der Waals surface area contributed by atoms with Gasteiger partial charge >= 0.3 is 0 Å². The zero-order chi connectivity index (χ0) is 62.0. The van der Waals surface area contributed by atoms with Gasteiger partial charge in [0.25, 0.3) is 11.8 Å². The molecule has 494 valence electrons. The predicted molar refractivity (Wildman–Crippen MR) is 328 cm³/mol. The third kappa shape index (κ3) is 31.8. The number of benzene rings is 2. The van der Waals surface area contributed by atoms with Gasteiger partial charge in [-0.15, -0.1) is 10.1 Å². The van der Waals surface area contributed by atoms with Crippen molar-refractivity contribution < 1.29 is 95.3 Å². The third-order valence-corrected chi connectivity index (χ3v) is 14.1. The number of hydroxylamine groups is 2. The lowest BCUT2D eigenvalue weighted by molar-refractivity contribution is -0.395. The van der Waals surface area contributed by atoms with Crippen LogP contribution in [0.4, 0.5) is 11.4 Å². The van der Waals surface area contributed by atoms with E-state index in [0.717, 1.165) is 36.3 Å². The SMILES string of the molecule is COCCOCCOCCOCCNc1ccccc1C(C)(C/C=C/C=C/C=C1/N(CCOCCOCCOCCOCCOON2C(=O)CCC2=O)c2ccccc2C1(C)CCOCCOCCOCCOC)CCOCCOCCOCCOC. The van der Waals surface area contributed by atoms with Crippen molar-refractivity contribution in [3.63, 3.8) is 0 Å². The fraction of sp³-hybridized carbons (Fsp3) is 0.688. The number of rotatable bonds is 59. The Morgan fingerprint density at radius 3 is 1.46 bits per heavy atom. The van der Waals surface area contributed by atoms with Crippen LogP contribution in [0.5, 0.6) is 0 Å². The highest BCUT2D eigenvalue weighted by Crippen LogP contribution is 2.50. The van der Waals surface area contributed by atoms with Crippen LogP contribution in [0, 0.1) is 0 Å². The number of fused-ring (bicyclic) bond motifs is 1. The molecule has 2 heterocycles. The minimum Gasteiger partial charge on any atom is -0.382 e. The zero-order valence-electron chi connectivity index (χ0n) is 52.7. The van der Waals surface area contributed by atoms with Crippen LogP contribution < -0.4 is 10.2 Å². The second-order valence-corrected chi connectivity index (χ2v) is 20.5. The average Bonchev–Trinajstić information content (AvgIpc) is 1.63. The van der Waals surface area contributed by atoms with Crippen LogP contribution in [0.15, 0.2) is 84.6 Å². The van der Waals surface area contributed by atoms with Crippen LogP contribution in [0.2, 0.25) is 0 Å². The van der Waals surface area contributed by atoms with E-state index >= 15 is 0 Å². The number of anilines is 2. The van der Waals surface area contributed by atoms with Crippen LogP contribution in [0.3, 0.4) is 0 Å². The Balaban J connectivity index is 1.34. The summed E-state index contributed by atoms with van der Waals surface area (Å²) in [5.74, 6) is -0.840. The molecule has 1 N–H and O–H groups in total. The Kier molecular flexibility index (Phi) is 42.7. The minimum atomic E-state index is -0.420. The molecule has 1 saturated heterocycles. The van der Waals surface area contributed by atoms with E-state index < -0.39 is 11.8 Å². The summed E-state index contributed by atoms with van der Waals surface area (Å²) in [6.07, 6.45) is 13.4. The lowest BCUT2D eigenvalue weighted by Crippen LogP contribution is -2.32. The summed E-state index contributed by atoms with van der Waals surface area (Å²) in [5, 5.41) is 4.29. The highest BCUT2D eigenvalue weighted by atomic mass is 17.3. The van der Waals surface area contributed by atoms with Crippen molar-refractivity contribution in [2.24, 2.45) is 0 Å². The molecule has 4 rings (SSSR count). The number of amides is 2. The molecule has 87 heavy (non-hydrogen) atoms. The summed E-state index contributed by atoms with van der Waals surface area (Å²) in [7, 11) is 4.96. The molecule has 2 aromatic rings. The van der Waals surface area contributed by atoms with E-state index in [-0.39, 0.29) is 36.9 Å². The van der Waals surface area contributed by atoms with Gasteiger partial charge in [0, 0.05) is 88.4 Å². The van der Waals surface area contributed by atoms with E-state index in [1.807, 2.05) is 0 Å². The van der Waals surface area contributed by atoms with Crippen molar-refractivity contribution in [2.75, 3.05) is 243 Å². The summed E-state index contributed by atoms with van der Waals surface area (Å²) in [5.41, 5.74) is 5.16. The number of para-hydroxylation sites is 2. The van der Waals surface area contributed by atoms with Crippen molar-refractivity contribution in [2.45, 2.75) is 56.8 Å². The van der Waals surface area contributed by atoms with Crippen LogP contribution >= 0.6 is 0 Å². The van der Waals surface area contributed by atoms with E-state index in [4.69, 9.17) is 85.7 Å². The quantitative estimate of drug-likeness (QED) is 0.0247. The van der Waals surface area contributed by atoms with Crippen molar-refractivity contribution >= 4 is 23.2 Å². The highest BCUT2D eigenvalue weighted by molar-refractivity contribution is 6.00. The number of hydrogen-bond donors (Lipinski definition) is 1. The third-order valence-electron chi connectivity index (χ3n) is 14.1. The predicted octanol–water partition coefficient (Wildman–Crippen LogP) is 6.47. The second-order valence-electron chi connectivity index (χ2n) is 20.5. The molecule has 23 heteroatoms. The number of allylic oxidation sites excluding steroid dienone is 6. The molecule has 2 atom stereocenters.